The van der Waals surface area contributed by atoms with E-state index in [0.29, 0.717) is 19.1 Å². The zero-order valence-electron chi connectivity index (χ0n) is 11.5. The number of hydrogen-bond donors (Lipinski definition) is 2. The molecule has 2 N–H and O–H groups in total. The molecule has 2 heterocycles. The first kappa shape index (κ1) is 13.2. The van der Waals surface area contributed by atoms with Gasteiger partial charge in [0.2, 0.25) is 0 Å². The van der Waals surface area contributed by atoms with Gasteiger partial charge in [-0.25, -0.2) is 0 Å². The Kier molecular flexibility index (Phi) is 3.53. The Balaban J connectivity index is 1.81. The molecule has 1 amide bonds. The Labute approximate surface area is 118 Å². The first-order chi connectivity index (χ1) is 9.66. The second kappa shape index (κ2) is 5.32. The van der Waals surface area contributed by atoms with E-state index in [0.717, 1.165) is 25.9 Å². The van der Waals surface area contributed by atoms with E-state index in [1.807, 2.05) is 4.90 Å². The normalized spacial score (nSPS) is 23.4. The fraction of sp³-hybridized carbons (Fsp3) is 0.533. The van der Waals surface area contributed by atoms with Gasteiger partial charge in [0.25, 0.3) is 5.91 Å². The summed E-state index contributed by atoms with van der Waals surface area (Å²) < 4.78 is 0. The van der Waals surface area contributed by atoms with Crippen molar-refractivity contribution in [2.45, 2.75) is 25.3 Å². The zero-order chi connectivity index (χ0) is 14.1. The molecule has 5 heteroatoms. The van der Waals surface area contributed by atoms with Gasteiger partial charge in [0, 0.05) is 25.7 Å². The highest BCUT2D eigenvalue weighted by molar-refractivity contribution is 5.97. The number of amides is 1. The maximum absolute atomic E-state index is 12.6. The lowest BCUT2D eigenvalue weighted by Crippen LogP contribution is -2.39. The van der Waals surface area contributed by atoms with E-state index in [1.54, 1.807) is 12.1 Å². The molecular weight excluding hydrogens is 256 g/mol. The van der Waals surface area contributed by atoms with E-state index in [9.17, 15) is 15.0 Å². The van der Waals surface area contributed by atoms with Crippen LogP contribution >= 0.6 is 0 Å². The molecule has 0 spiro atoms. The van der Waals surface area contributed by atoms with E-state index >= 15 is 0 Å². The highest BCUT2D eigenvalue weighted by Crippen LogP contribution is 2.30. The summed E-state index contributed by atoms with van der Waals surface area (Å²) in [5.41, 5.74) is 0.191. The standard InChI is InChI=1S/C15H20N2O3/c18-13-6-1-5-12(14(13)19)15(20)17-9-3-8-16-7-2-4-11(16)10-17/h1,5-6,11,18-19H,2-4,7-10H2. The van der Waals surface area contributed by atoms with Crippen molar-refractivity contribution in [3.05, 3.63) is 23.8 Å². The number of fused-ring (bicyclic) bond motifs is 1. The van der Waals surface area contributed by atoms with Crippen molar-refractivity contribution in [2.24, 2.45) is 0 Å². The minimum Gasteiger partial charge on any atom is -0.504 e. The molecule has 2 fully saturated rings. The van der Waals surface area contributed by atoms with Crippen LogP contribution in [0.4, 0.5) is 0 Å². The highest BCUT2D eigenvalue weighted by atomic mass is 16.3. The molecule has 1 aromatic rings. The minimum absolute atomic E-state index is 0.188. The van der Waals surface area contributed by atoms with Crippen LogP contribution in [0, 0.1) is 0 Å². The SMILES string of the molecule is O=C(c1cccc(O)c1O)N1CCCN2CCCC2C1. The average Bonchev–Trinajstić information content (AvgIpc) is 2.78. The second-order valence-electron chi connectivity index (χ2n) is 5.61. The van der Waals surface area contributed by atoms with Crippen LogP contribution in [0.3, 0.4) is 0 Å². The number of rotatable bonds is 1. The Morgan fingerprint density at radius 3 is 2.80 bits per heavy atom. The van der Waals surface area contributed by atoms with E-state index in [1.165, 1.54) is 12.5 Å². The van der Waals surface area contributed by atoms with Crippen LogP contribution in [0.5, 0.6) is 11.5 Å². The van der Waals surface area contributed by atoms with Gasteiger partial charge in [-0.05, 0) is 37.9 Å². The number of phenols is 2. The number of nitrogens with zero attached hydrogens (tertiary/aromatic N) is 2. The van der Waals surface area contributed by atoms with Crippen LogP contribution in [0.15, 0.2) is 18.2 Å². The Hall–Kier alpha value is -1.75. The van der Waals surface area contributed by atoms with Gasteiger partial charge < -0.3 is 15.1 Å². The van der Waals surface area contributed by atoms with Crippen molar-refractivity contribution >= 4 is 5.91 Å². The predicted molar refractivity (Wildman–Crippen MR) is 74.9 cm³/mol. The number of benzene rings is 1. The third kappa shape index (κ3) is 2.33. The quantitative estimate of drug-likeness (QED) is 0.761. The van der Waals surface area contributed by atoms with Crippen LogP contribution in [0.1, 0.15) is 29.6 Å². The van der Waals surface area contributed by atoms with Crippen LogP contribution < -0.4 is 0 Å². The monoisotopic (exact) mass is 276 g/mol. The number of carbonyl (C=O) groups excluding carboxylic acids is 1. The largest absolute Gasteiger partial charge is 0.504 e. The summed E-state index contributed by atoms with van der Waals surface area (Å²) >= 11 is 0. The second-order valence-corrected chi connectivity index (χ2v) is 5.61. The van der Waals surface area contributed by atoms with Gasteiger partial charge in [0.05, 0.1) is 5.56 Å². The van der Waals surface area contributed by atoms with E-state index in [-0.39, 0.29) is 23.0 Å². The summed E-state index contributed by atoms with van der Waals surface area (Å²) in [5, 5.41) is 19.4. The lowest BCUT2D eigenvalue weighted by molar-refractivity contribution is 0.0739. The predicted octanol–water partition coefficient (Wildman–Crippen LogP) is 1.41. The Bertz CT molecular complexity index is 518. The van der Waals surface area contributed by atoms with Crippen LogP contribution in [-0.2, 0) is 0 Å². The molecule has 3 rings (SSSR count). The van der Waals surface area contributed by atoms with Crippen molar-refractivity contribution in [2.75, 3.05) is 26.2 Å². The van der Waals surface area contributed by atoms with Crippen molar-refractivity contribution in [1.82, 2.24) is 9.80 Å². The smallest absolute Gasteiger partial charge is 0.257 e. The van der Waals surface area contributed by atoms with Gasteiger partial charge in [-0.3, -0.25) is 9.69 Å². The molecule has 1 aromatic carbocycles. The summed E-state index contributed by atoms with van der Waals surface area (Å²) in [5.74, 6) is -0.745. The molecule has 2 aliphatic heterocycles. The molecule has 5 nitrogen and oxygen atoms in total. The van der Waals surface area contributed by atoms with Crippen molar-refractivity contribution < 1.29 is 15.0 Å². The van der Waals surface area contributed by atoms with Crippen molar-refractivity contribution in [3.8, 4) is 11.5 Å². The van der Waals surface area contributed by atoms with Crippen LogP contribution in [-0.4, -0.2) is 58.1 Å². The number of phenolic OH excluding ortho intramolecular Hbond substituents is 2. The fourth-order valence-electron chi connectivity index (χ4n) is 3.27. The first-order valence-electron chi connectivity index (χ1n) is 7.21. The number of carbonyl (C=O) groups is 1. The molecule has 0 aromatic heterocycles. The Morgan fingerprint density at radius 1 is 1.15 bits per heavy atom. The lowest BCUT2D eigenvalue weighted by Gasteiger charge is -2.26. The summed E-state index contributed by atoms with van der Waals surface area (Å²) in [6.07, 6.45) is 3.29. The lowest BCUT2D eigenvalue weighted by atomic mass is 10.1. The van der Waals surface area contributed by atoms with E-state index < -0.39 is 0 Å². The van der Waals surface area contributed by atoms with Crippen LogP contribution in [0.25, 0.3) is 0 Å². The van der Waals surface area contributed by atoms with Gasteiger partial charge in [-0.15, -0.1) is 0 Å². The summed E-state index contributed by atoms with van der Waals surface area (Å²) in [7, 11) is 0. The van der Waals surface area contributed by atoms with Gasteiger partial charge in [0.15, 0.2) is 11.5 Å². The maximum atomic E-state index is 12.6. The van der Waals surface area contributed by atoms with Gasteiger partial charge in [-0.2, -0.15) is 0 Å². The molecule has 108 valence electrons. The maximum Gasteiger partial charge on any atom is 0.257 e. The zero-order valence-corrected chi connectivity index (χ0v) is 11.5. The fourth-order valence-corrected chi connectivity index (χ4v) is 3.27. The molecule has 0 saturated carbocycles. The van der Waals surface area contributed by atoms with Gasteiger partial charge in [0.1, 0.15) is 0 Å². The van der Waals surface area contributed by atoms with Crippen molar-refractivity contribution in [1.29, 1.82) is 0 Å². The van der Waals surface area contributed by atoms with E-state index in [4.69, 9.17) is 0 Å². The molecule has 2 saturated heterocycles. The topological polar surface area (TPSA) is 64.0 Å². The number of hydrogen-bond acceptors (Lipinski definition) is 4. The molecule has 2 aliphatic rings. The van der Waals surface area contributed by atoms with Crippen molar-refractivity contribution in [3.63, 3.8) is 0 Å². The van der Waals surface area contributed by atoms with Gasteiger partial charge in [-0.1, -0.05) is 6.07 Å². The summed E-state index contributed by atoms with van der Waals surface area (Å²) in [6, 6.07) is 4.98. The number of para-hydroxylation sites is 1. The first-order valence-corrected chi connectivity index (χ1v) is 7.21. The van der Waals surface area contributed by atoms with E-state index in [2.05, 4.69) is 4.90 Å². The Morgan fingerprint density at radius 2 is 1.95 bits per heavy atom. The van der Waals surface area contributed by atoms with Crippen LogP contribution in [0.2, 0.25) is 0 Å². The molecule has 0 aliphatic carbocycles. The molecule has 20 heavy (non-hydrogen) atoms. The minimum atomic E-state index is -0.315. The molecule has 1 atom stereocenters. The number of aromatic hydroxyl groups is 2. The summed E-state index contributed by atoms with van der Waals surface area (Å²) in [6.45, 7) is 3.60. The molecule has 0 bridgehead atoms. The third-order valence-electron chi connectivity index (χ3n) is 4.34. The highest BCUT2D eigenvalue weighted by Gasteiger charge is 2.31. The average molecular weight is 276 g/mol. The molecule has 1 unspecified atom stereocenters. The summed E-state index contributed by atoms with van der Waals surface area (Å²) in [4.78, 5) is 16.8. The molecule has 0 radical (unpaired) electrons. The third-order valence-corrected chi connectivity index (χ3v) is 4.34. The van der Waals surface area contributed by atoms with Gasteiger partial charge >= 0.3 is 0 Å². The molecular formula is C15H20N2O3.